The highest BCUT2D eigenvalue weighted by Crippen LogP contribution is 2.29. The van der Waals surface area contributed by atoms with Crippen molar-refractivity contribution in [3.8, 4) is 5.75 Å². The van der Waals surface area contributed by atoms with Crippen molar-refractivity contribution in [2.75, 3.05) is 0 Å². The largest absolute Gasteiger partial charge is 0.505 e. The van der Waals surface area contributed by atoms with Crippen LogP contribution < -0.4 is 0 Å². The maximum atomic E-state index is 10.7. The first-order valence-electron chi connectivity index (χ1n) is 4.86. The summed E-state index contributed by atoms with van der Waals surface area (Å²) in [6.45, 7) is 1.59. The minimum atomic E-state index is -0.889. The molecule has 84 valence electrons. The molecule has 0 spiro atoms. The van der Waals surface area contributed by atoms with Crippen LogP contribution in [0.25, 0.3) is 11.1 Å². The van der Waals surface area contributed by atoms with Crippen LogP contribution in [0.5, 0.6) is 5.75 Å². The maximum Gasteiger partial charge on any atom is 0.306 e. The van der Waals surface area contributed by atoms with Gasteiger partial charge in [-0.3, -0.25) is 4.79 Å². The number of rotatable bonds is 3. The van der Waals surface area contributed by atoms with E-state index in [1.54, 1.807) is 19.1 Å². The number of nitrogens with zero attached hydrogens (tertiary/aromatic N) is 1. The molecule has 16 heavy (non-hydrogen) atoms. The Balaban J connectivity index is 2.37. The van der Waals surface area contributed by atoms with Crippen molar-refractivity contribution >= 4 is 17.1 Å². The van der Waals surface area contributed by atoms with Crippen molar-refractivity contribution in [2.45, 2.75) is 13.3 Å². The predicted molar refractivity (Wildman–Crippen MR) is 56.2 cm³/mol. The Hall–Kier alpha value is -2.04. The molecule has 1 aromatic heterocycles. The van der Waals surface area contributed by atoms with Gasteiger partial charge in [-0.05, 0) is 18.1 Å². The standard InChI is InChI=1S/C11H11NO4/c1-6(11(14)15)4-7-2-3-8-9(10(7)13)12-5-16-8/h2-3,5-6,13H,4H2,1H3,(H,14,15). The monoisotopic (exact) mass is 221 g/mol. The summed E-state index contributed by atoms with van der Waals surface area (Å²) in [7, 11) is 0. The van der Waals surface area contributed by atoms with Crippen molar-refractivity contribution in [3.63, 3.8) is 0 Å². The molecule has 0 aliphatic carbocycles. The molecule has 1 heterocycles. The lowest BCUT2D eigenvalue weighted by molar-refractivity contribution is -0.141. The Bertz CT molecular complexity index is 532. The summed E-state index contributed by atoms with van der Waals surface area (Å²) in [6, 6.07) is 3.33. The highest BCUT2D eigenvalue weighted by Gasteiger charge is 2.16. The fourth-order valence-corrected chi connectivity index (χ4v) is 1.54. The number of aliphatic carboxylic acids is 1. The normalized spacial score (nSPS) is 12.8. The molecule has 0 radical (unpaired) electrons. The fraction of sp³-hybridized carbons (Fsp3) is 0.273. The van der Waals surface area contributed by atoms with Gasteiger partial charge >= 0.3 is 5.97 Å². The summed E-state index contributed by atoms with van der Waals surface area (Å²) in [4.78, 5) is 14.6. The van der Waals surface area contributed by atoms with E-state index in [2.05, 4.69) is 4.98 Å². The number of hydrogen-bond donors (Lipinski definition) is 2. The quantitative estimate of drug-likeness (QED) is 0.825. The summed E-state index contributed by atoms with van der Waals surface area (Å²) in [5, 5.41) is 18.6. The van der Waals surface area contributed by atoms with Gasteiger partial charge in [0.2, 0.25) is 0 Å². The Morgan fingerprint density at radius 2 is 2.31 bits per heavy atom. The maximum absolute atomic E-state index is 10.7. The summed E-state index contributed by atoms with van der Waals surface area (Å²) < 4.78 is 5.02. The summed E-state index contributed by atoms with van der Waals surface area (Å²) >= 11 is 0. The lowest BCUT2D eigenvalue weighted by Gasteiger charge is -2.07. The second-order valence-electron chi connectivity index (χ2n) is 3.72. The van der Waals surface area contributed by atoms with E-state index in [1.807, 2.05) is 0 Å². The minimum Gasteiger partial charge on any atom is -0.505 e. The van der Waals surface area contributed by atoms with Crippen LogP contribution in [0.3, 0.4) is 0 Å². The van der Waals surface area contributed by atoms with Crippen LogP contribution in [0.2, 0.25) is 0 Å². The lowest BCUT2D eigenvalue weighted by atomic mass is 10.00. The second kappa shape index (κ2) is 3.84. The number of phenolic OH excluding ortho intramolecular Hbond substituents is 1. The van der Waals surface area contributed by atoms with E-state index >= 15 is 0 Å². The number of benzene rings is 1. The zero-order chi connectivity index (χ0) is 11.7. The number of carbonyl (C=O) groups is 1. The Morgan fingerprint density at radius 1 is 1.56 bits per heavy atom. The van der Waals surface area contributed by atoms with Crippen molar-refractivity contribution in [2.24, 2.45) is 5.92 Å². The second-order valence-corrected chi connectivity index (χ2v) is 3.72. The molecule has 2 N–H and O–H groups in total. The van der Waals surface area contributed by atoms with Gasteiger partial charge in [-0.15, -0.1) is 0 Å². The summed E-state index contributed by atoms with van der Waals surface area (Å²) in [5.41, 5.74) is 1.43. The predicted octanol–water partition coefficient (Wildman–Crippen LogP) is 1.80. The molecule has 1 unspecified atom stereocenters. The molecule has 0 saturated heterocycles. The van der Waals surface area contributed by atoms with Gasteiger partial charge in [0.1, 0.15) is 5.75 Å². The third kappa shape index (κ3) is 1.71. The zero-order valence-electron chi connectivity index (χ0n) is 8.67. The van der Waals surface area contributed by atoms with Crippen LogP contribution in [0.15, 0.2) is 22.9 Å². The first-order chi connectivity index (χ1) is 7.59. The average Bonchev–Trinajstić information content (AvgIpc) is 2.70. The van der Waals surface area contributed by atoms with Gasteiger partial charge in [0.25, 0.3) is 0 Å². The van der Waals surface area contributed by atoms with E-state index in [9.17, 15) is 9.90 Å². The molecule has 1 atom stereocenters. The number of hydrogen-bond acceptors (Lipinski definition) is 4. The van der Waals surface area contributed by atoms with Crippen molar-refractivity contribution in [3.05, 3.63) is 24.1 Å². The number of phenols is 1. The molecule has 0 amide bonds. The molecule has 0 fully saturated rings. The van der Waals surface area contributed by atoms with Crippen LogP contribution in [-0.4, -0.2) is 21.2 Å². The highest BCUT2D eigenvalue weighted by molar-refractivity contribution is 5.81. The van der Waals surface area contributed by atoms with Crippen molar-refractivity contribution in [1.82, 2.24) is 4.98 Å². The van der Waals surface area contributed by atoms with E-state index in [0.29, 0.717) is 16.7 Å². The molecule has 5 heteroatoms. The Morgan fingerprint density at radius 3 is 3.00 bits per heavy atom. The van der Waals surface area contributed by atoms with Crippen LogP contribution in [0.4, 0.5) is 0 Å². The zero-order valence-corrected chi connectivity index (χ0v) is 8.67. The number of carboxylic acid groups (broad SMARTS) is 1. The van der Waals surface area contributed by atoms with Gasteiger partial charge in [0, 0.05) is 0 Å². The SMILES string of the molecule is CC(Cc1ccc2ocnc2c1O)C(=O)O. The highest BCUT2D eigenvalue weighted by atomic mass is 16.4. The van der Waals surface area contributed by atoms with Gasteiger partial charge in [-0.25, -0.2) is 4.98 Å². The van der Waals surface area contributed by atoms with E-state index in [4.69, 9.17) is 9.52 Å². The van der Waals surface area contributed by atoms with Crippen LogP contribution in [0.1, 0.15) is 12.5 Å². The summed E-state index contributed by atoms with van der Waals surface area (Å²) in [5.74, 6) is -1.44. The molecule has 1 aromatic carbocycles. The molecule has 5 nitrogen and oxygen atoms in total. The van der Waals surface area contributed by atoms with Crippen LogP contribution in [-0.2, 0) is 11.2 Å². The third-order valence-corrected chi connectivity index (χ3v) is 2.51. The fourth-order valence-electron chi connectivity index (χ4n) is 1.54. The molecule has 2 aromatic rings. The van der Waals surface area contributed by atoms with E-state index in [0.717, 1.165) is 0 Å². The van der Waals surface area contributed by atoms with E-state index in [1.165, 1.54) is 6.39 Å². The van der Waals surface area contributed by atoms with Crippen LogP contribution >= 0.6 is 0 Å². The lowest BCUT2D eigenvalue weighted by Crippen LogP contribution is -2.12. The number of aromatic hydroxyl groups is 1. The van der Waals surface area contributed by atoms with Crippen molar-refractivity contribution < 1.29 is 19.4 Å². The van der Waals surface area contributed by atoms with E-state index < -0.39 is 11.9 Å². The smallest absolute Gasteiger partial charge is 0.306 e. The molecule has 0 bridgehead atoms. The van der Waals surface area contributed by atoms with Crippen molar-refractivity contribution in [1.29, 1.82) is 0 Å². The molecule has 0 aliphatic rings. The molecule has 0 saturated carbocycles. The van der Waals surface area contributed by atoms with Gasteiger partial charge in [-0.2, -0.15) is 0 Å². The van der Waals surface area contributed by atoms with Gasteiger partial charge in [0.15, 0.2) is 17.5 Å². The topological polar surface area (TPSA) is 83.6 Å². The van der Waals surface area contributed by atoms with E-state index in [-0.39, 0.29) is 12.2 Å². The number of oxazole rings is 1. The van der Waals surface area contributed by atoms with Crippen LogP contribution in [0, 0.1) is 5.92 Å². The first kappa shape index (κ1) is 10.5. The first-order valence-corrected chi connectivity index (χ1v) is 4.86. The number of carboxylic acids is 1. The molecular weight excluding hydrogens is 210 g/mol. The number of fused-ring (bicyclic) bond motifs is 1. The minimum absolute atomic E-state index is 0.000602. The number of aromatic nitrogens is 1. The third-order valence-electron chi connectivity index (χ3n) is 2.51. The van der Waals surface area contributed by atoms with Gasteiger partial charge < -0.3 is 14.6 Å². The molecular formula is C11H11NO4. The molecule has 0 aliphatic heterocycles. The van der Waals surface area contributed by atoms with Gasteiger partial charge in [-0.1, -0.05) is 13.0 Å². The Labute approximate surface area is 91.3 Å². The van der Waals surface area contributed by atoms with Gasteiger partial charge in [0.05, 0.1) is 5.92 Å². The average molecular weight is 221 g/mol. The molecule has 2 rings (SSSR count). The summed E-state index contributed by atoms with van der Waals surface area (Å²) in [6.07, 6.45) is 1.51. The Kier molecular flexibility index (Phi) is 2.52.